The van der Waals surface area contributed by atoms with E-state index in [1.165, 1.54) is 11.3 Å². The van der Waals surface area contributed by atoms with Gasteiger partial charge in [-0.25, -0.2) is 13.8 Å². The van der Waals surface area contributed by atoms with Gasteiger partial charge in [0.15, 0.2) is 11.6 Å². The van der Waals surface area contributed by atoms with E-state index in [4.69, 9.17) is 9.47 Å². The molecule has 0 saturated heterocycles. The zero-order valence-electron chi connectivity index (χ0n) is 23.1. The van der Waals surface area contributed by atoms with Crippen LogP contribution in [0.4, 0.5) is 8.78 Å². The fourth-order valence-electron chi connectivity index (χ4n) is 4.97. The van der Waals surface area contributed by atoms with Crippen LogP contribution in [-0.4, -0.2) is 67.9 Å². The molecule has 3 aromatic rings. The Labute approximate surface area is 236 Å². The van der Waals surface area contributed by atoms with Crippen LogP contribution in [0, 0.1) is 17.0 Å². The largest absolute Gasteiger partial charge is 0.496 e. The number of carboxylic acids is 1. The molecule has 1 aliphatic rings. The molecule has 0 atom stereocenters. The van der Waals surface area contributed by atoms with Crippen LogP contribution in [0.5, 0.6) is 11.5 Å². The molecule has 1 amide bonds. The number of hydrogen-bond donors (Lipinski definition) is 2. The first-order valence-corrected chi connectivity index (χ1v) is 13.8. The number of halogens is 2. The number of aliphatic carboxylic acids is 1. The Morgan fingerprint density at radius 1 is 1.12 bits per heavy atom. The lowest BCUT2D eigenvalue weighted by atomic mass is 9.80. The summed E-state index contributed by atoms with van der Waals surface area (Å²) in [4.78, 5) is 29.5. The third-order valence-electron chi connectivity index (χ3n) is 6.91. The second-order valence-electron chi connectivity index (χ2n) is 11.1. The smallest absolute Gasteiger partial charge is 0.304 e. The first kappa shape index (κ1) is 29.4. The number of methoxy groups -OCH3 is 1. The molecule has 4 rings (SSSR count). The van der Waals surface area contributed by atoms with Gasteiger partial charge in [0.1, 0.15) is 16.5 Å². The van der Waals surface area contributed by atoms with Gasteiger partial charge < -0.3 is 24.4 Å². The van der Waals surface area contributed by atoms with E-state index in [0.717, 1.165) is 35.1 Å². The van der Waals surface area contributed by atoms with Crippen molar-refractivity contribution in [3.8, 4) is 22.8 Å². The summed E-state index contributed by atoms with van der Waals surface area (Å²) in [6.07, 6.45) is 0.493. The van der Waals surface area contributed by atoms with Crippen LogP contribution in [0.15, 0.2) is 35.7 Å². The highest BCUT2D eigenvalue weighted by Gasteiger charge is 2.46. The molecule has 1 heterocycles. The number of amides is 1. The van der Waals surface area contributed by atoms with E-state index in [9.17, 15) is 23.5 Å². The molecule has 0 spiro atoms. The van der Waals surface area contributed by atoms with E-state index in [1.54, 1.807) is 7.11 Å². The van der Waals surface area contributed by atoms with Gasteiger partial charge in [0.05, 0.1) is 65.5 Å². The second-order valence-corrected chi connectivity index (χ2v) is 12.1. The van der Waals surface area contributed by atoms with Gasteiger partial charge >= 0.3 is 5.97 Å². The van der Waals surface area contributed by atoms with Crippen LogP contribution in [0.2, 0.25) is 0 Å². The third-order valence-corrected chi connectivity index (χ3v) is 7.76. The highest BCUT2D eigenvalue weighted by atomic mass is 32.1. The van der Waals surface area contributed by atoms with E-state index in [-0.39, 0.29) is 19.4 Å². The topological polar surface area (TPSA) is 97.8 Å². The number of hydrogen-bond acceptors (Lipinski definition) is 6. The minimum Gasteiger partial charge on any atom is -0.496 e. The second kappa shape index (κ2) is 11.9. The van der Waals surface area contributed by atoms with Crippen molar-refractivity contribution in [2.24, 2.45) is 5.41 Å². The number of carbonyl (C=O) groups excluding carboxylic acids is 1. The maximum Gasteiger partial charge on any atom is 0.304 e. The molecular formula is C29H34F2N3O5S+. The molecule has 0 fully saturated rings. The molecular weight excluding hydrogens is 540 g/mol. The van der Waals surface area contributed by atoms with Gasteiger partial charge in [-0.15, -0.1) is 11.3 Å². The average Bonchev–Trinajstić information content (AvgIpc) is 3.49. The Kier molecular flexibility index (Phi) is 8.74. The number of nitrogens with zero attached hydrogens (tertiary/aromatic N) is 2. The Balaban J connectivity index is 1.42. The Hall–Kier alpha value is -3.57. The van der Waals surface area contributed by atoms with Gasteiger partial charge in [-0.05, 0) is 48.2 Å². The molecule has 0 bridgehead atoms. The summed E-state index contributed by atoms with van der Waals surface area (Å²) in [6.45, 7) is 1.67. The standard InChI is InChI=1S/C29H33F2N3O5S/c1-34(2,3)8-5-9-39-20-6-7-21(25(12-20)38-4)24-17-40-26(33-24)16-32-28(37)29(15-27(35)36)13-18-10-22(30)23(31)11-19(18)14-29/h6-7,10-12,17H,5,8-9,13-16H2,1-4H3,(H-,32,35,36,37)/p+1. The number of benzene rings is 2. The van der Waals surface area contributed by atoms with Crippen molar-refractivity contribution in [3.63, 3.8) is 0 Å². The van der Waals surface area contributed by atoms with E-state index in [2.05, 4.69) is 31.4 Å². The number of nitrogens with one attached hydrogen (secondary N) is 1. The molecule has 2 N–H and O–H groups in total. The maximum atomic E-state index is 13.8. The summed E-state index contributed by atoms with van der Waals surface area (Å²) in [5.41, 5.74) is 0.994. The quantitative estimate of drug-likeness (QED) is 0.245. The van der Waals surface area contributed by atoms with Gasteiger partial charge in [-0.3, -0.25) is 9.59 Å². The molecule has 11 heteroatoms. The summed E-state index contributed by atoms with van der Waals surface area (Å²) >= 11 is 1.35. The minimum atomic E-state index is -1.33. The van der Waals surface area contributed by atoms with Crippen molar-refractivity contribution in [1.82, 2.24) is 10.3 Å². The first-order chi connectivity index (χ1) is 18.9. The molecule has 8 nitrogen and oxygen atoms in total. The fourth-order valence-corrected chi connectivity index (χ4v) is 5.70. The minimum absolute atomic E-state index is 0.0156. The van der Waals surface area contributed by atoms with Crippen LogP contribution in [0.3, 0.4) is 0 Å². The number of ether oxygens (including phenoxy) is 2. The lowest BCUT2D eigenvalue weighted by molar-refractivity contribution is -0.870. The van der Waals surface area contributed by atoms with Gasteiger partial charge in [0.2, 0.25) is 5.91 Å². The normalized spacial score (nSPS) is 14.1. The summed E-state index contributed by atoms with van der Waals surface area (Å²) in [5.74, 6) is -2.38. The molecule has 0 unspecified atom stereocenters. The number of carbonyl (C=O) groups is 2. The number of carboxylic acid groups (broad SMARTS) is 1. The Morgan fingerprint density at radius 3 is 2.40 bits per heavy atom. The summed E-state index contributed by atoms with van der Waals surface area (Å²) in [7, 11) is 7.99. The monoisotopic (exact) mass is 574 g/mol. The molecule has 1 aliphatic carbocycles. The zero-order chi connectivity index (χ0) is 29.1. The molecule has 1 aromatic heterocycles. The van der Waals surface area contributed by atoms with Crippen LogP contribution < -0.4 is 14.8 Å². The highest BCUT2D eigenvalue weighted by molar-refractivity contribution is 7.09. The van der Waals surface area contributed by atoms with E-state index < -0.39 is 35.3 Å². The third kappa shape index (κ3) is 6.95. The Morgan fingerprint density at radius 2 is 1.80 bits per heavy atom. The van der Waals surface area contributed by atoms with Gasteiger partial charge in [-0.2, -0.15) is 0 Å². The van der Waals surface area contributed by atoms with Crippen LogP contribution in [0.1, 0.15) is 29.0 Å². The SMILES string of the molecule is COc1cc(OCCC[N+](C)(C)C)ccc1-c1csc(CNC(=O)C2(CC(=O)O)Cc3cc(F)c(F)cc3C2)n1. The molecule has 2 aromatic carbocycles. The molecule has 0 aliphatic heterocycles. The van der Waals surface area contributed by atoms with Crippen molar-refractivity contribution < 1.29 is 37.4 Å². The van der Waals surface area contributed by atoms with E-state index in [1.807, 2.05) is 23.6 Å². The zero-order valence-corrected chi connectivity index (χ0v) is 23.9. The predicted octanol–water partition coefficient (Wildman–Crippen LogP) is 4.45. The number of quaternary nitrogens is 1. The predicted molar refractivity (Wildman–Crippen MR) is 147 cm³/mol. The Bertz CT molecular complexity index is 1370. The van der Waals surface area contributed by atoms with Gasteiger partial charge in [0, 0.05) is 23.4 Å². The number of fused-ring (bicyclic) bond motifs is 1. The molecule has 40 heavy (non-hydrogen) atoms. The van der Waals surface area contributed by atoms with Crippen molar-refractivity contribution in [2.45, 2.75) is 32.2 Å². The van der Waals surface area contributed by atoms with Crippen LogP contribution in [0.25, 0.3) is 11.3 Å². The average molecular weight is 575 g/mol. The van der Waals surface area contributed by atoms with Gasteiger partial charge in [-0.1, -0.05) is 0 Å². The summed E-state index contributed by atoms with van der Waals surface area (Å²) in [5, 5.41) is 14.8. The number of rotatable bonds is 12. The van der Waals surface area contributed by atoms with Crippen molar-refractivity contribution in [2.75, 3.05) is 41.4 Å². The lowest BCUT2D eigenvalue weighted by Crippen LogP contribution is -2.43. The number of aromatic nitrogens is 1. The summed E-state index contributed by atoms with van der Waals surface area (Å²) < 4.78 is 39.9. The fraction of sp³-hybridized carbons (Fsp3) is 0.414. The lowest BCUT2D eigenvalue weighted by Gasteiger charge is -2.25. The molecule has 0 radical (unpaired) electrons. The highest BCUT2D eigenvalue weighted by Crippen LogP contribution is 2.41. The van der Waals surface area contributed by atoms with E-state index >= 15 is 0 Å². The van der Waals surface area contributed by atoms with Crippen LogP contribution >= 0.6 is 11.3 Å². The maximum absolute atomic E-state index is 13.8. The van der Waals surface area contributed by atoms with Crippen molar-refractivity contribution in [3.05, 3.63) is 63.5 Å². The molecule has 0 saturated carbocycles. The van der Waals surface area contributed by atoms with E-state index in [0.29, 0.717) is 39.9 Å². The number of thiazole rings is 1. The van der Waals surface area contributed by atoms with Crippen LogP contribution in [-0.2, 0) is 29.0 Å². The van der Waals surface area contributed by atoms with Crippen molar-refractivity contribution >= 4 is 23.2 Å². The van der Waals surface area contributed by atoms with Gasteiger partial charge in [0.25, 0.3) is 0 Å². The summed E-state index contributed by atoms with van der Waals surface area (Å²) in [6, 6.07) is 7.65. The van der Waals surface area contributed by atoms with Crippen molar-refractivity contribution in [1.29, 1.82) is 0 Å². The molecule has 214 valence electrons. The first-order valence-electron chi connectivity index (χ1n) is 12.9.